The average molecular weight is 282 g/mol. The molecule has 3 atom stereocenters. The van der Waals surface area contributed by atoms with Crippen molar-refractivity contribution in [3.8, 4) is 0 Å². The first-order valence-corrected chi connectivity index (χ1v) is 6.31. The Labute approximate surface area is 113 Å². The maximum atomic E-state index is 9.77. The molecule has 1 saturated heterocycles. The SMILES string of the molecule is Nc1nc(=S)c2ccn([C@H]3C[C@@H](O)[C@@H](CO)O3)c2[nH]1. The minimum atomic E-state index is -0.686. The van der Waals surface area contributed by atoms with Crippen molar-refractivity contribution in [3.05, 3.63) is 16.9 Å². The molecule has 0 saturated carbocycles. The molecule has 19 heavy (non-hydrogen) atoms. The molecule has 0 bridgehead atoms. The smallest absolute Gasteiger partial charge is 0.200 e. The molecule has 3 rings (SSSR count). The highest BCUT2D eigenvalue weighted by atomic mass is 32.1. The monoisotopic (exact) mass is 282 g/mol. The number of nitrogens with zero attached hydrogens (tertiary/aromatic N) is 2. The van der Waals surface area contributed by atoms with Crippen LogP contribution in [-0.4, -0.2) is 43.6 Å². The standard InChI is InChI=1S/C11H14N4O3S/c12-11-13-9-5(10(19)14-11)1-2-15(9)8-3-6(17)7(4-16)18-8/h1-2,6-8,16-17H,3-4H2,(H3,12,13,14,19)/t6-,7-,8-/m1/s1. The van der Waals surface area contributed by atoms with Gasteiger partial charge in [-0.3, -0.25) is 0 Å². The molecule has 5 N–H and O–H groups in total. The van der Waals surface area contributed by atoms with Crippen LogP contribution >= 0.6 is 12.2 Å². The summed E-state index contributed by atoms with van der Waals surface area (Å²) in [7, 11) is 0. The van der Waals surface area contributed by atoms with Crippen LogP contribution in [0.5, 0.6) is 0 Å². The number of aromatic nitrogens is 3. The molecule has 0 unspecified atom stereocenters. The average Bonchev–Trinajstić information content (AvgIpc) is 2.92. The highest BCUT2D eigenvalue weighted by Crippen LogP contribution is 2.31. The quantitative estimate of drug-likeness (QED) is 0.590. The van der Waals surface area contributed by atoms with Gasteiger partial charge in [0, 0.05) is 12.6 Å². The second kappa shape index (κ2) is 4.57. The molecule has 0 radical (unpaired) electrons. The van der Waals surface area contributed by atoms with Crippen molar-refractivity contribution < 1.29 is 14.9 Å². The zero-order valence-electron chi connectivity index (χ0n) is 9.98. The fourth-order valence-corrected chi connectivity index (χ4v) is 2.62. The first kappa shape index (κ1) is 12.5. The largest absolute Gasteiger partial charge is 0.394 e. The summed E-state index contributed by atoms with van der Waals surface area (Å²) in [4.78, 5) is 6.92. The predicted molar refractivity (Wildman–Crippen MR) is 70.9 cm³/mol. The van der Waals surface area contributed by atoms with Gasteiger partial charge in [0.05, 0.1) is 18.1 Å². The van der Waals surface area contributed by atoms with Crippen LogP contribution in [0.1, 0.15) is 12.6 Å². The van der Waals surface area contributed by atoms with Gasteiger partial charge >= 0.3 is 0 Å². The van der Waals surface area contributed by atoms with E-state index >= 15 is 0 Å². The molecule has 2 aromatic rings. The number of nitrogen functional groups attached to an aromatic ring is 1. The molecule has 0 amide bonds. The molecule has 102 valence electrons. The van der Waals surface area contributed by atoms with E-state index in [9.17, 15) is 5.11 Å². The summed E-state index contributed by atoms with van der Waals surface area (Å²) >= 11 is 5.14. The van der Waals surface area contributed by atoms with Crippen LogP contribution in [0.2, 0.25) is 0 Å². The summed E-state index contributed by atoms with van der Waals surface area (Å²) in [6, 6.07) is 1.82. The molecule has 1 aliphatic heterocycles. The van der Waals surface area contributed by atoms with E-state index in [4.69, 9.17) is 27.8 Å². The van der Waals surface area contributed by atoms with E-state index in [2.05, 4.69) is 9.97 Å². The Balaban J connectivity index is 2.05. The van der Waals surface area contributed by atoms with Crippen molar-refractivity contribution in [3.63, 3.8) is 0 Å². The van der Waals surface area contributed by atoms with E-state index in [0.717, 1.165) is 5.39 Å². The minimum Gasteiger partial charge on any atom is -0.394 e. The molecular weight excluding hydrogens is 268 g/mol. The summed E-state index contributed by atoms with van der Waals surface area (Å²) < 4.78 is 7.83. The van der Waals surface area contributed by atoms with Crippen LogP contribution in [-0.2, 0) is 4.74 Å². The second-order valence-corrected chi connectivity index (χ2v) is 4.91. The Morgan fingerprint density at radius 1 is 1.63 bits per heavy atom. The third kappa shape index (κ3) is 2.02. The molecule has 0 aliphatic carbocycles. The Bertz CT molecular complexity index is 667. The number of hydrogen-bond acceptors (Lipinski definition) is 6. The number of nitrogens with two attached hydrogens (primary N) is 1. The van der Waals surface area contributed by atoms with Gasteiger partial charge in [-0.25, -0.2) is 4.98 Å². The lowest BCUT2D eigenvalue weighted by atomic mass is 10.2. The van der Waals surface area contributed by atoms with Gasteiger partial charge in [-0.2, -0.15) is 0 Å². The number of fused-ring (bicyclic) bond motifs is 1. The van der Waals surface area contributed by atoms with Crippen molar-refractivity contribution in [2.75, 3.05) is 12.3 Å². The van der Waals surface area contributed by atoms with E-state index in [-0.39, 0.29) is 18.8 Å². The Kier molecular flexibility index (Phi) is 3.02. The summed E-state index contributed by atoms with van der Waals surface area (Å²) in [5, 5.41) is 19.7. The van der Waals surface area contributed by atoms with Crippen LogP contribution in [0, 0.1) is 4.64 Å². The van der Waals surface area contributed by atoms with Gasteiger partial charge in [0.25, 0.3) is 0 Å². The Morgan fingerprint density at radius 2 is 2.42 bits per heavy atom. The molecule has 0 spiro atoms. The maximum absolute atomic E-state index is 9.77. The summed E-state index contributed by atoms with van der Waals surface area (Å²) in [5.74, 6) is 0.231. The van der Waals surface area contributed by atoms with Gasteiger partial charge in [-0.1, -0.05) is 12.2 Å². The molecule has 7 nitrogen and oxygen atoms in total. The van der Waals surface area contributed by atoms with Crippen molar-refractivity contribution in [2.45, 2.75) is 24.9 Å². The lowest BCUT2D eigenvalue weighted by molar-refractivity contribution is -0.0430. The second-order valence-electron chi connectivity index (χ2n) is 4.53. The van der Waals surface area contributed by atoms with Crippen molar-refractivity contribution >= 4 is 29.2 Å². The zero-order chi connectivity index (χ0) is 13.6. The fraction of sp³-hybridized carbons (Fsp3) is 0.455. The highest BCUT2D eigenvalue weighted by molar-refractivity contribution is 7.71. The first-order valence-electron chi connectivity index (χ1n) is 5.91. The van der Waals surface area contributed by atoms with Gasteiger partial charge in [0.1, 0.15) is 22.6 Å². The van der Waals surface area contributed by atoms with Crippen LogP contribution in [0.3, 0.4) is 0 Å². The summed E-state index contributed by atoms with van der Waals surface area (Å²) in [6.45, 7) is -0.212. The topological polar surface area (TPSA) is 109 Å². The fourth-order valence-electron chi connectivity index (χ4n) is 2.36. The number of aliphatic hydroxyl groups is 2. The molecule has 0 aromatic carbocycles. The number of aliphatic hydroxyl groups excluding tert-OH is 2. The Hall–Kier alpha value is -1.48. The lowest BCUT2D eigenvalue weighted by Gasteiger charge is -2.14. The Morgan fingerprint density at radius 3 is 3.11 bits per heavy atom. The molecule has 8 heteroatoms. The van der Waals surface area contributed by atoms with E-state index in [1.807, 2.05) is 10.6 Å². The summed E-state index contributed by atoms with van der Waals surface area (Å²) in [6.07, 6.45) is 0.587. The van der Waals surface area contributed by atoms with Crippen LogP contribution in [0.25, 0.3) is 11.0 Å². The van der Waals surface area contributed by atoms with Crippen LogP contribution in [0.15, 0.2) is 12.3 Å². The van der Waals surface area contributed by atoms with Gasteiger partial charge in [0.15, 0.2) is 5.95 Å². The van der Waals surface area contributed by atoms with E-state index < -0.39 is 12.2 Å². The number of nitrogens with one attached hydrogen (secondary N) is 1. The van der Waals surface area contributed by atoms with Gasteiger partial charge in [-0.15, -0.1) is 0 Å². The molecule has 1 fully saturated rings. The van der Waals surface area contributed by atoms with Crippen LogP contribution in [0.4, 0.5) is 5.95 Å². The van der Waals surface area contributed by atoms with Gasteiger partial charge in [0.2, 0.25) is 0 Å². The maximum Gasteiger partial charge on any atom is 0.200 e. The number of rotatable bonds is 2. The van der Waals surface area contributed by atoms with Crippen molar-refractivity contribution in [2.24, 2.45) is 0 Å². The number of H-pyrrole nitrogens is 1. The molecule has 2 aromatic heterocycles. The van der Waals surface area contributed by atoms with Crippen molar-refractivity contribution in [1.29, 1.82) is 0 Å². The zero-order valence-corrected chi connectivity index (χ0v) is 10.8. The third-order valence-electron chi connectivity index (χ3n) is 3.31. The predicted octanol–water partition coefficient (Wildman–Crippen LogP) is 0.317. The highest BCUT2D eigenvalue weighted by Gasteiger charge is 2.34. The normalized spacial score (nSPS) is 27.2. The van der Waals surface area contributed by atoms with Crippen molar-refractivity contribution in [1.82, 2.24) is 14.5 Å². The summed E-state index contributed by atoms with van der Waals surface area (Å²) in [5.41, 5.74) is 6.36. The first-order chi connectivity index (χ1) is 9.10. The lowest BCUT2D eigenvalue weighted by Crippen LogP contribution is -2.24. The van der Waals surface area contributed by atoms with E-state index in [1.54, 1.807) is 6.20 Å². The van der Waals surface area contributed by atoms with E-state index in [0.29, 0.717) is 16.7 Å². The number of aromatic amines is 1. The molecule has 3 heterocycles. The third-order valence-corrected chi connectivity index (χ3v) is 3.62. The van der Waals surface area contributed by atoms with E-state index in [1.165, 1.54) is 0 Å². The van der Waals surface area contributed by atoms with Gasteiger partial charge in [-0.05, 0) is 6.07 Å². The van der Waals surface area contributed by atoms with Crippen LogP contribution < -0.4 is 5.73 Å². The minimum absolute atomic E-state index is 0.212. The number of hydrogen-bond donors (Lipinski definition) is 4. The number of anilines is 1. The number of ether oxygens (including phenoxy) is 1. The molecule has 1 aliphatic rings. The molecular formula is C11H14N4O3S. The van der Waals surface area contributed by atoms with Gasteiger partial charge < -0.3 is 30.2 Å².